The predicted molar refractivity (Wildman–Crippen MR) is 90.5 cm³/mol. The van der Waals surface area contributed by atoms with Gasteiger partial charge in [-0.3, -0.25) is 0 Å². The minimum atomic E-state index is 0.423. The molecule has 0 saturated heterocycles. The second kappa shape index (κ2) is 5.12. The minimum absolute atomic E-state index is 0.423. The first-order chi connectivity index (χ1) is 9.91. The van der Waals surface area contributed by atoms with Crippen molar-refractivity contribution in [3.8, 4) is 0 Å². The molecule has 2 aliphatic rings. The predicted octanol–water partition coefficient (Wildman–Crippen LogP) is 5.29. The van der Waals surface area contributed by atoms with E-state index in [1.165, 1.54) is 19.3 Å². The zero-order valence-electron chi connectivity index (χ0n) is 14.4. The Hall–Kier alpha value is -0.820. The smallest absolute Gasteiger partial charge is 0.0362 e. The molecule has 1 aromatic carbocycles. The van der Waals surface area contributed by atoms with E-state index in [0.29, 0.717) is 16.9 Å². The van der Waals surface area contributed by atoms with Crippen molar-refractivity contribution in [2.45, 2.75) is 65.8 Å². The number of nitrogens with one attached hydrogen (secondary N) is 1. The van der Waals surface area contributed by atoms with Crippen molar-refractivity contribution in [2.24, 2.45) is 16.7 Å². The van der Waals surface area contributed by atoms with Crippen molar-refractivity contribution in [3.05, 3.63) is 35.4 Å². The van der Waals surface area contributed by atoms with Gasteiger partial charge in [-0.1, -0.05) is 65.3 Å². The molecular formula is C20H31N. The summed E-state index contributed by atoms with van der Waals surface area (Å²) in [5, 5.41) is 3.82. The molecule has 3 rings (SSSR count). The van der Waals surface area contributed by atoms with Crippen molar-refractivity contribution in [1.29, 1.82) is 0 Å². The van der Waals surface area contributed by atoms with Gasteiger partial charge in [0, 0.05) is 6.04 Å². The summed E-state index contributed by atoms with van der Waals surface area (Å²) in [5.74, 6) is 1.54. The molecule has 2 aliphatic carbocycles. The summed E-state index contributed by atoms with van der Waals surface area (Å²) in [5.41, 5.74) is 4.04. The average molecular weight is 285 g/mol. The Kier molecular flexibility index (Phi) is 3.68. The molecule has 0 radical (unpaired) electrons. The van der Waals surface area contributed by atoms with Crippen LogP contribution in [-0.4, -0.2) is 6.54 Å². The lowest BCUT2D eigenvalue weighted by Gasteiger charge is -2.31. The van der Waals surface area contributed by atoms with Crippen LogP contribution >= 0.6 is 0 Å². The van der Waals surface area contributed by atoms with E-state index in [4.69, 9.17) is 0 Å². The fraction of sp³-hybridized carbons (Fsp3) is 0.700. The SMILES string of the molecule is CCNC(c1ccccc1C1CCC1)C1C(C)(C)C1(C)C. The van der Waals surface area contributed by atoms with Crippen LogP contribution in [0.1, 0.15) is 77.0 Å². The maximum Gasteiger partial charge on any atom is 0.0362 e. The number of hydrogen-bond donors (Lipinski definition) is 1. The molecule has 0 aliphatic heterocycles. The van der Waals surface area contributed by atoms with E-state index in [1.807, 2.05) is 0 Å². The zero-order chi connectivity index (χ0) is 15.3. The van der Waals surface area contributed by atoms with Gasteiger partial charge in [-0.15, -0.1) is 0 Å². The summed E-state index contributed by atoms with van der Waals surface area (Å²) < 4.78 is 0. The van der Waals surface area contributed by atoms with Gasteiger partial charge >= 0.3 is 0 Å². The van der Waals surface area contributed by atoms with Crippen molar-refractivity contribution in [3.63, 3.8) is 0 Å². The summed E-state index contributed by atoms with van der Waals surface area (Å²) in [6.07, 6.45) is 4.17. The van der Waals surface area contributed by atoms with Gasteiger partial charge in [-0.25, -0.2) is 0 Å². The van der Waals surface area contributed by atoms with Crippen LogP contribution in [0.25, 0.3) is 0 Å². The van der Waals surface area contributed by atoms with Crippen LogP contribution in [-0.2, 0) is 0 Å². The van der Waals surface area contributed by atoms with Gasteiger partial charge in [0.05, 0.1) is 0 Å². The van der Waals surface area contributed by atoms with Gasteiger partial charge in [0.25, 0.3) is 0 Å². The van der Waals surface area contributed by atoms with Gasteiger partial charge in [-0.2, -0.15) is 0 Å². The van der Waals surface area contributed by atoms with E-state index in [-0.39, 0.29) is 0 Å². The Morgan fingerprint density at radius 2 is 1.71 bits per heavy atom. The Morgan fingerprint density at radius 3 is 2.19 bits per heavy atom. The maximum atomic E-state index is 3.82. The highest BCUT2D eigenvalue weighted by Gasteiger charge is 2.67. The van der Waals surface area contributed by atoms with Crippen molar-refractivity contribution in [2.75, 3.05) is 6.54 Å². The Bertz CT molecular complexity index is 496. The Labute approximate surface area is 130 Å². The fourth-order valence-corrected chi connectivity index (χ4v) is 4.59. The third kappa shape index (κ3) is 2.25. The summed E-state index contributed by atoms with van der Waals surface area (Å²) >= 11 is 0. The van der Waals surface area contributed by atoms with Crippen molar-refractivity contribution < 1.29 is 0 Å². The van der Waals surface area contributed by atoms with Gasteiger partial charge < -0.3 is 5.32 Å². The highest BCUT2D eigenvalue weighted by atomic mass is 15.0. The van der Waals surface area contributed by atoms with E-state index < -0.39 is 0 Å². The van der Waals surface area contributed by atoms with Crippen LogP contribution in [0, 0.1) is 16.7 Å². The summed E-state index contributed by atoms with van der Waals surface area (Å²) in [7, 11) is 0. The lowest BCUT2D eigenvalue weighted by Crippen LogP contribution is -2.27. The molecule has 1 N–H and O–H groups in total. The lowest BCUT2D eigenvalue weighted by atomic mass is 9.76. The molecule has 0 heterocycles. The Morgan fingerprint density at radius 1 is 1.10 bits per heavy atom. The first-order valence-corrected chi connectivity index (χ1v) is 8.73. The second-order valence-electron chi connectivity index (χ2n) is 8.21. The topological polar surface area (TPSA) is 12.0 Å². The molecule has 2 saturated carbocycles. The summed E-state index contributed by atoms with van der Waals surface area (Å²) in [6.45, 7) is 13.0. The summed E-state index contributed by atoms with van der Waals surface area (Å²) in [6, 6.07) is 9.72. The maximum absolute atomic E-state index is 3.82. The van der Waals surface area contributed by atoms with E-state index in [9.17, 15) is 0 Å². The third-order valence-electron chi connectivity index (χ3n) is 6.77. The van der Waals surface area contributed by atoms with Gasteiger partial charge in [0.15, 0.2) is 0 Å². The van der Waals surface area contributed by atoms with E-state index in [1.54, 1.807) is 11.1 Å². The lowest BCUT2D eigenvalue weighted by molar-refractivity contribution is 0.388. The van der Waals surface area contributed by atoms with Crippen molar-refractivity contribution >= 4 is 0 Å². The quantitative estimate of drug-likeness (QED) is 0.775. The molecule has 1 unspecified atom stereocenters. The molecule has 0 aromatic heterocycles. The van der Waals surface area contributed by atoms with Crippen molar-refractivity contribution in [1.82, 2.24) is 5.32 Å². The van der Waals surface area contributed by atoms with E-state index in [2.05, 4.69) is 64.2 Å². The summed E-state index contributed by atoms with van der Waals surface area (Å²) in [4.78, 5) is 0. The van der Waals surface area contributed by atoms with Gasteiger partial charge in [0.2, 0.25) is 0 Å². The molecule has 1 heteroatoms. The van der Waals surface area contributed by atoms with E-state index >= 15 is 0 Å². The second-order valence-corrected chi connectivity index (χ2v) is 8.21. The normalized spacial score (nSPS) is 25.4. The monoisotopic (exact) mass is 285 g/mol. The van der Waals surface area contributed by atoms with E-state index in [0.717, 1.165) is 18.4 Å². The van der Waals surface area contributed by atoms with Crippen LogP contribution in [0.5, 0.6) is 0 Å². The molecule has 21 heavy (non-hydrogen) atoms. The highest BCUT2D eigenvalue weighted by molar-refractivity contribution is 5.37. The largest absolute Gasteiger partial charge is 0.310 e. The average Bonchev–Trinajstić information content (AvgIpc) is 2.76. The van der Waals surface area contributed by atoms with Crippen LogP contribution in [0.3, 0.4) is 0 Å². The molecular weight excluding hydrogens is 254 g/mol. The minimum Gasteiger partial charge on any atom is -0.310 e. The molecule has 1 aromatic rings. The van der Waals surface area contributed by atoms with Gasteiger partial charge in [-0.05, 0) is 53.2 Å². The van der Waals surface area contributed by atoms with Crippen LogP contribution < -0.4 is 5.32 Å². The number of rotatable bonds is 5. The highest BCUT2D eigenvalue weighted by Crippen LogP contribution is 2.72. The number of benzene rings is 1. The van der Waals surface area contributed by atoms with Crippen LogP contribution in [0.2, 0.25) is 0 Å². The molecule has 0 amide bonds. The fourth-order valence-electron chi connectivity index (χ4n) is 4.59. The third-order valence-corrected chi connectivity index (χ3v) is 6.77. The standard InChI is InChI=1S/C20H31N/c1-6-21-17(18-19(2,3)20(18,4)5)16-13-8-7-12-15(16)14-10-9-11-14/h7-8,12-14,17-18,21H,6,9-11H2,1-5H3. The number of hydrogen-bond acceptors (Lipinski definition) is 1. The molecule has 0 spiro atoms. The zero-order valence-corrected chi connectivity index (χ0v) is 14.4. The van der Waals surface area contributed by atoms with Crippen LogP contribution in [0.15, 0.2) is 24.3 Å². The molecule has 1 atom stereocenters. The Balaban J connectivity index is 1.96. The van der Waals surface area contributed by atoms with Crippen LogP contribution in [0.4, 0.5) is 0 Å². The molecule has 2 fully saturated rings. The first kappa shape index (κ1) is 15.1. The van der Waals surface area contributed by atoms with Gasteiger partial charge in [0.1, 0.15) is 0 Å². The first-order valence-electron chi connectivity index (χ1n) is 8.73. The molecule has 0 bridgehead atoms. The molecule has 1 nitrogen and oxygen atoms in total. The molecule has 116 valence electrons.